The van der Waals surface area contributed by atoms with Gasteiger partial charge in [-0.25, -0.2) is 0 Å². The van der Waals surface area contributed by atoms with Crippen molar-refractivity contribution in [3.63, 3.8) is 0 Å². The van der Waals surface area contributed by atoms with Gasteiger partial charge in [0.15, 0.2) is 0 Å². The number of ketones is 1. The van der Waals surface area contributed by atoms with Crippen molar-refractivity contribution in [2.45, 2.75) is 13.3 Å². The Kier molecular flexibility index (Phi) is 6.37. The van der Waals surface area contributed by atoms with Crippen molar-refractivity contribution in [1.82, 2.24) is 5.32 Å². The predicted octanol–water partition coefficient (Wildman–Crippen LogP) is 0.865. The van der Waals surface area contributed by atoms with Gasteiger partial charge in [0.2, 0.25) is 0 Å². The zero-order valence-corrected chi connectivity index (χ0v) is 6.58. The highest BCUT2D eigenvalue weighted by atomic mass is 16.1. The number of rotatable bonds is 6. The quantitative estimate of drug-likeness (QED) is 0.268. The van der Waals surface area contributed by atoms with Crippen LogP contribution in [0.3, 0.4) is 0 Å². The fourth-order valence-electron chi connectivity index (χ4n) is 0.563. The summed E-state index contributed by atoms with van der Waals surface area (Å²) in [7, 11) is 0. The molecule has 5 heteroatoms. The van der Waals surface area contributed by atoms with Crippen LogP contribution >= 0.6 is 0 Å². The van der Waals surface area contributed by atoms with Gasteiger partial charge in [0.1, 0.15) is 5.78 Å². The number of hydrogen-bond donors (Lipinski definition) is 1. The molecule has 62 valence electrons. The molecule has 0 atom stereocenters. The van der Waals surface area contributed by atoms with Crippen LogP contribution in [-0.2, 0) is 4.79 Å². The number of carbonyl (C=O) groups is 1. The Balaban J connectivity index is 3.02. The molecule has 0 aromatic carbocycles. The molecule has 0 fully saturated rings. The lowest BCUT2D eigenvalue weighted by Crippen LogP contribution is -2.20. The van der Waals surface area contributed by atoms with Crippen LogP contribution in [0.1, 0.15) is 13.3 Å². The van der Waals surface area contributed by atoms with Gasteiger partial charge >= 0.3 is 0 Å². The van der Waals surface area contributed by atoms with Gasteiger partial charge in [-0.3, -0.25) is 4.79 Å². The largest absolute Gasteiger partial charge is 0.316 e. The molecule has 0 aliphatic carbocycles. The summed E-state index contributed by atoms with van der Waals surface area (Å²) < 4.78 is 0. The van der Waals surface area contributed by atoms with Crippen LogP contribution in [0.15, 0.2) is 5.11 Å². The lowest BCUT2D eigenvalue weighted by atomic mass is 10.3. The van der Waals surface area contributed by atoms with Gasteiger partial charge < -0.3 is 5.32 Å². The first-order valence-electron chi connectivity index (χ1n) is 3.48. The first-order valence-corrected chi connectivity index (χ1v) is 3.48. The summed E-state index contributed by atoms with van der Waals surface area (Å²) in [6, 6.07) is 0. The third-order valence-electron chi connectivity index (χ3n) is 1.11. The van der Waals surface area contributed by atoms with Crippen molar-refractivity contribution in [2.24, 2.45) is 5.11 Å². The molecule has 0 heterocycles. The van der Waals surface area contributed by atoms with E-state index in [-0.39, 0.29) is 5.78 Å². The van der Waals surface area contributed by atoms with Gasteiger partial charge in [-0.15, -0.1) is 0 Å². The Morgan fingerprint density at radius 2 is 2.36 bits per heavy atom. The Morgan fingerprint density at radius 3 is 2.91 bits per heavy atom. The minimum absolute atomic E-state index is 0.168. The van der Waals surface area contributed by atoms with Crippen molar-refractivity contribution < 1.29 is 4.79 Å². The molecule has 0 amide bonds. The van der Waals surface area contributed by atoms with E-state index in [9.17, 15) is 4.79 Å². The van der Waals surface area contributed by atoms with Crippen LogP contribution in [0.5, 0.6) is 0 Å². The molecule has 0 spiro atoms. The molecule has 5 nitrogen and oxygen atoms in total. The van der Waals surface area contributed by atoms with E-state index in [1.54, 1.807) is 6.92 Å². The molecule has 0 aromatic rings. The minimum Gasteiger partial charge on any atom is -0.316 e. The predicted molar refractivity (Wildman–Crippen MR) is 42.2 cm³/mol. The van der Waals surface area contributed by atoms with Crippen molar-refractivity contribution in [3.8, 4) is 0 Å². The lowest BCUT2D eigenvalue weighted by molar-refractivity contribution is -0.116. The second-order valence-electron chi connectivity index (χ2n) is 2.16. The number of carbonyl (C=O) groups excluding carboxylic acids is 1. The van der Waals surface area contributed by atoms with Gasteiger partial charge in [-0.05, 0) is 12.5 Å². The zero-order valence-electron chi connectivity index (χ0n) is 6.58. The van der Waals surface area contributed by atoms with E-state index in [0.717, 1.165) is 0 Å². The van der Waals surface area contributed by atoms with Crippen LogP contribution in [0.4, 0.5) is 0 Å². The highest BCUT2D eigenvalue weighted by molar-refractivity contribution is 5.75. The Labute approximate surface area is 65.4 Å². The smallest absolute Gasteiger partial charge is 0.131 e. The van der Waals surface area contributed by atoms with E-state index in [1.807, 2.05) is 0 Å². The van der Waals surface area contributed by atoms with Gasteiger partial charge in [0, 0.05) is 31.0 Å². The van der Waals surface area contributed by atoms with Gasteiger partial charge in [-0.2, -0.15) is 0 Å². The minimum atomic E-state index is 0.168. The third kappa shape index (κ3) is 8.94. The standard InChI is InChI=1S/C6H12N4O/c1-6(11)2-3-8-4-5-9-10-7/h8H,2-5H2,1H3. The fraction of sp³-hybridized carbons (Fsp3) is 0.833. The summed E-state index contributed by atoms with van der Waals surface area (Å²) in [5.74, 6) is 0.168. The fourth-order valence-corrected chi connectivity index (χ4v) is 0.563. The Bertz CT molecular complexity index is 158. The van der Waals surface area contributed by atoms with Gasteiger partial charge in [0.25, 0.3) is 0 Å². The monoisotopic (exact) mass is 156 g/mol. The third-order valence-corrected chi connectivity index (χ3v) is 1.11. The number of nitrogens with one attached hydrogen (secondary N) is 1. The summed E-state index contributed by atoms with van der Waals surface area (Å²) in [5, 5.41) is 6.29. The van der Waals surface area contributed by atoms with Gasteiger partial charge in [-0.1, -0.05) is 5.11 Å². The maximum atomic E-state index is 10.4. The number of nitrogens with zero attached hydrogens (tertiary/aromatic N) is 3. The van der Waals surface area contributed by atoms with E-state index < -0.39 is 0 Å². The average Bonchev–Trinajstić information content (AvgIpc) is 1.96. The van der Waals surface area contributed by atoms with E-state index in [2.05, 4.69) is 15.3 Å². The van der Waals surface area contributed by atoms with E-state index in [0.29, 0.717) is 26.1 Å². The Hall–Kier alpha value is -1.06. The highest BCUT2D eigenvalue weighted by Gasteiger charge is 1.90. The SMILES string of the molecule is CC(=O)CCNCCN=[N+]=[N-]. The van der Waals surface area contributed by atoms with E-state index in [1.165, 1.54) is 0 Å². The Morgan fingerprint density at radius 1 is 1.64 bits per heavy atom. The molecule has 0 saturated carbocycles. The molecule has 0 bridgehead atoms. The van der Waals surface area contributed by atoms with Crippen molar-refractivity contribution in [1.29, 1.82) is 0 Å². The van der Waals surface area contributed by atoms with E-state index in [4.69, 9.17) is 5.53 Å². The summed E-state index contributed by atoms with van der Waals surface area (Å²) in [4.78, 5) is 13.0. The molecule has 0 aliphatic rings. The molecule has 0 unspecified atom stereocenters. The molecular weight excluding hydrogens is 144 g/mol. The van der Waals surface area contributed by atoms with Crippen molar-refractivity contribution in [2.75, 3.05) is 19.6 Å². The number of hydrogen-bond acceptors (Lipinski definition) is 3. The summed E-state index contributed by atoms with van der Waals surface area (Å²) in [6.45, 7) is 3.29. The first kappa shape index (κ1) is 9.94. The van der Waals surface area contributed by atoms with Gasteiger partial charge in [0.05, 0.1) is 0 Å². The van der Waals surface area contributed by atoms with Crippen LogP contribution in [0, 0.1) is 0 Å². The van der Waals surface area contributed by atoms with Crippen LogP contribution in [0.2, 0.25) is 0 Å². The average molecular weight is 156 g/mol. The summed E-state index contributed by atoms with van der Waals surface area (Å²) in [6.07, 6.45) is 0.538. The highest BCUT2D eigenvalue weighted by Crippen LogP contribution is 1.77. The second kappa shape index (κ2) is 7.05. The molecule has 11 heavy (non-hydrogen) atoms. The van der Waals surface area contributed by atoms with Crippen LogP contribution in [-0.4, -0.2) is 25.4 Å². The maximum Gasteiger partial charge on any atom is 0.131 e. The number of Topliss-reactive ketones (excluding diaryl/α,β-unsaturated/α-hetero) is 1. The summed E-state index contributed by atoms with van der Waals surface area (Å²) >= 11 is 0. The lowest BCUT2D eigenvalue weighted by Gasteiger charge is -1.97. The van der Waals surface area contributed by atoms with Crippen LogP contribution < -0.4 is 5.32 Å². The molecule has 1 N–H and O–H groups in total. The first-order chi connectivity index (χ1) is 5.27. The van der Waals surface area contributed by atoms with Crippen LogP contribution in [0.25, 0.3) is 10.4 Å². The molecule has 0 rings (SSSR count). The second-order valence-corrected chi connectivity index (χ2v) is 2.16. The summed E-state index contributed by atoms with van der Waals surface area (Å²) in [5.41, 5.74) is 7.89. The van der Waals surface area contributed by atoms with Crippen molar-refractivity contribution >= 4 is 5.78 Å². The molecule has 0 radical (unpaired) electrons. The number of azide groups is 1. The molecule has 0 aliphatic heterocycles. The molecule has 0 aromatic heterocycles. The molecular formula is C6H12N4O. The van der Waals surface area contributed by atoms with Crippen molar-refractivity contribution in [3.05, 3.63) is 10.4 Å². The van der Waals surface area contributed by atoms with E-state index >= 15 is 0 Å². The topological polar surface area (TPSA) is 77.9 Å². The normalized spacial score (nSPS) is 8.82. The molecule has 0 saturated heterocycles. The maximum absolute atomic E-state index is 10.4. The zero-order chi connectivity index (χ0) is 8.53.